The highest BCUT2D eigenvalue weighted by Crippen LogP contribution is 2.04. The first kappa shape index (κ1) is 22.7. The van der Waals surface area contributed by atoms with Gasteiger partial charge in [-0.3, -0.25) is 0 Å². The summed E-state index contributed by atoms with van der Waals surface area (Å²) in [5.41, 5.74) is 1.76. The van der Waals surface area contributed by atoms with Crippen LogP contribution in [0.1, 0.15) is 38.3 Å². The molecule has 24 heavy (non-hydrogen) atoms. The maximum Gasteiger partial charge on any atom is 0.191 e. The van der Waals surface area contributed by atoms with Gasteiger partial charge in [-0.15, -0.1) is 24.0 Å². The van der Waals surface area contributed by atoms with Crippen LogP contribution in [0.2, 0.25) is 0 Å². The first-order valence-electron chi connectivity index (χ1n) is 8.24. The number of benzene rings is 1. The Balaban J connectivity index is 0.00000529. The van der Waals surface area contributed by atoms with Gasteiger partial charge in [-0.05, 0) is 37.0 Å². The highest BCUT2D eigenvalue weighted by Gasteiger charge is 1.99. The highest BCUT2D eigenvalue weighted by atomic mass is 127. The van der Waals surface area contributed by atoms with Crippen LogP contribution in [0.5, 0.6) is 0 Å². The molecule has 5 nitrogen and oxygen atoms in total. The Morgan fingerprint density at radius 2 is 1.96 bits per heavy atom. The summed E-state index contributed by atoms with van der Waals surface area (Å²) >= 11 is 0. The second-order valence-corrected chi connectivity index (χ2v) is 5.75. The molecule has 0 heterocycles. The Bertz CT molecular complexity index is 509. The van der Waals surface area contributed by atoms with E-state index in [1.165, 1.54) is 0 Å². The largest absolute Gasteiger partial charge is 0.381 e. The number of halogens is 1. The van der Waals surface area contributed by atoms with Crippen molar-refractivity contribution < 1.29 is 4.74 Å². The zero-order chi connectivity index (χ0) is 16.9. The van der Waals surface area contributed by atoms with E-state index in [9.17, 15) is 0 Å². The van der Waals surface area contributed by atoms with Crippen LogP contribution in [0.3, 0.4) is 0 Å². The molecule has 0 amide bonds. The van der Waals surface area contributed by atoms with Crippen molar-refractivity contribution in [3.8, 4) is 6.07 Å². The monoisotopic (exact) mass is 444 g/mol. The van der Waals surface area contributed by atoms with Gasteiger partial charge in [0.05, 0.1) is 18.2 Å². The topological polar surface area (TPSA) is 69.4 Å². The normalized spacial score (nSPS) is 10.9. The van der Waals surface area contributed by atoms with Crippen molar-refractivity contribution in [2.24, 2.45) is 10.9 Å². The van der Waals surface area contributed by atoms with Crippen molar-refractivity contribution in [3.05, 3.63) is 35.4 Å². The Labute approximate surface area is 162 Å². The van der Waals surface area contributed by atoms with E-state index in [0.29, 0.717) is 18.0 Å². The number of rotatable bonds is 9. The van der Waals surface area contributed by atoms with Crippen molar-refractivity contribution >= 4 is 29.9 Å². The van der Waals surface area contributed by atoms with Crippen LogP contribution >= 0.6 is 24.0 Å². The molecule has 0 unspecified atom stereocenters. The van der Waals surface area contributed by atoms with Crippen LogP contribution in [0, 0.1) is 17.2 Å². The Morgan fingerprint density at radius 1 is 1.25 bits per heavy atom. The lowest BCUT2D eigenvalue weighted by molar-refractivity contribution is 0.108. The lowest BCUT2D eigenvalue weighted by Crippen LogP contribution is -2.38. The van der Waals surface area contributed by atoms with Gasteiger partial charge in [0, 0.05) is 26.3 Å². The minimum absolute atomic E-state index is 0. The van der Waals surface area contributed by atoms with Crippen molar-refractivity contribution in [2.75, 3.05) is 26.3 Å². The third-order valence-electron chi connectivity index (χ3n) is 3.06. The molecule has 0 fully saturated rings. The molecule has 0 aliphatic rings. The van der Waals surface area contributed by atoms with Gasteiger partial charge >= 0.3 is 0 Å². The molecular weight excluding hydrogens is 415 g/mol. The summed E-state index contributed by atoms with van der Waals surface area (Å²) in [6.07, 6.45) is 0.952. The average Bonchev–Trinajstić information content (AvgIpc) is 2.55. The summed E-state index contributed by atoms with van der Waals surface area (Å²) in [6, 6.07) is 9.62. The molecule has 0 aliphatic carbocycles. The van der Waals surface area contributed by atoms with Crippen molar-refractivity contribution in [2.45, 2.75) is 33.7 Å². The number of nitrogens with one attached hydrogen (secondary N) is 2. The summed E-state index contributed by atoms with van der Waals surface area (Å²) in [7, 11) is 0. The highest BCUT2D eigenvalue weighted by molar-refractivity contribution is 14.0. The van der Waals surface area contributed by atoms with Gasteiger partial charge in [-0.2, -0.15) is 5.26 Å². The molecule has 0 aromatic heterocycles. The lowest BCUT2D eigenvalue weighted by Gasteiger charge is -2.12. The van der Waals surface area contributed by atoms with Gasteiger partial charge in [0.15, 0.2) is 5.96 Å². The van der Waals surface area contributed by atoms with E-state index in [2.05, 4.69) is 35.5 Å². The third-order valence-corrected chi connectivity index (χ3v) is 3.06. The predicted molar refractivity (Wildman–Crippen MR) is 110 cm³/mol. The zero-order valence-electron chi connectivity index (χ0n) is 14.8. The molecule has 6 heteroatoms. The smallest absolute Gasteiger partial charge is 0.191 e. The Hall–Kier alpha value is -1.33. The Kier molecular flexibility index (Phi) is 13.3. The van der Waals surface area contributed by atoms with E-state index in [0.717, 1.165) is 44.2 Å². The van der Waals surface area contributed by atoms with E-state index in [-0.39, 0.29) is 24.0 Å². The van der Waals surface area contributed by atoms with Gasteiger partial charge in [-0.25, -0.2) is 4.99 Å². The molecule has 0 spiro atoms. The molecule has 0 atom stereocenters. The number of nitrogens with zero attached hydrogens (tertiary/aromatic N) is 2. The quantitative estimate of drug-likeness (QED) is 0.266. The van der Waals surface area contributed by atoms with Crippen LogP contribution in [0.15, 0.2) is 29.3 Å². The second-order valence-electron chi connectivity index (χ2n) is 5.75. The van der Waals surface area contributed by atoms with Gasteiger partial charge in [0.25, 0.3) is 0 Å². The second kappa shape index (κ2) is 14.1. The van der Waals surface area contributed by atoms with Crippen LogP contribution < -0.4 is 10.6 Å². The van der Waals surface area contributed by atoms with Gasteiger partial charge < -0.3 is 15.4 Å². The lowest BCUT2D eigenvalue weighted by atomic mass is 10.1. The van der Waals surface area contributed by atoms with Gasteiger partial charge in [0.1, 0.15) is 0 Å². The fraction of sp³-hybridized carbons (Fsp3) is 0.556. The van der Waals surface area contributed by atoms with Gasteiger partial charge in [0.2, 0.25) is 0 Å². The van der Waals surface area contributed by atoms with Crippen molar-refractivity contribution in [1.82, 2.24) is 10.6 Å². The number of nitriles is 1. The van der Waals surface area contributed by atoms with E-state index in [4.69, 9.17) is 10.00 Å². The average molecular weight is 444 g/mol. The summed E-state index contributed by atoms with van der Waals surface area (Å²) in [4.78, 5) is 4.56. The summed E-state index contributed by atoms with van der Waals surface area (Å²) < 4.78 is 5.56. The molecule has 0 saturated heterocycles. The van der Waals surface area contributed by atoms with E-state index >= 15 is 0 Å². The van der Waals surface area contributed by atoms with E-state index in [1.54, 1.807) is 0 Å². The molecule has 0 radical (unpaired) electrons. The maximum atomic E-state index is 8.80. The van der Waals surface area contributed by atoms with Crippen LogP contribution in [0.4, 0.5) is 0 Å². The van der Waals surface area contributed by atoms with Crippen LogP contribution in [0.25, 0.3) is 0 Å². The van der Waals surface area contributed by atoms with E-state index < -0.39 is 0 Å². The summed E-state index contributed by atoms with van der Waals surface area (Å²) in [5, 5.41) is 15.3. The number of hydrogen-bond acceptors (Lipinski definition) is 3. The predicted octanol–water partition coefficient (Wildman–Crippen LogP) is 3.29. The van der Waals surface area contributed by atoms with E-state index in [1.807, 2.05) is 31.2 Å². The third kappa shape index (κ3) is 10.4. The number of hydrogen-bond donors (Lipinski definition) is 2. The number of guanidine groups is 1. The molecule has 1 aromatic carbocycles. The van der Waals surface area contributed by atoms with Crippen molar-refractivity contribution in [1.29, 1.82) is 5.26 Å². The molecule has 1 aromatic rings. The number of aliphatic imine (C=N–C) groups is 1. The molecule has 0 aliphatic heterocycles. The fourth-order valence-electron chi connectivity index (χ4n) is 1.90. The minimum atomic E-state index is 0. The molecule has 134 valence electrons. The Morgan fingerprint density at radius 3 is 2.54 bits per heavy atom. The standard InChI is InChI=1S/C18H28N4O.HI/c1-4-20-18(21-10-5-11-23-14-15(2)3)22-13-17-8-6-16(12-19)7-9-17;/h6-9,15H,4-5,10-11,13-14H2,1-3H3,(H2,20,21,22);1H. The maximum absolute atomic E-state index is 8.80. The zero-order valence-corrected chi connectivity index (χ0v) is 17.2. The van der Waals surface area contributed by atoms with Crippen LogP contribution in [-0.2, 0) is 11.3 Å². The minimum Gasteiger partial charge on any atom is -0.381 e. The first-order valence-corrected chi connectivity index (χ1v) is 8.24. The van der Waals surface area contributed by atoms with Crippen molar-refractivity contribution in [3.63, 3.8) is 0 Å². The number of ether oxygens (including phenoxy) is 1. The van der Waals surface area contributed by atoms with Crippen LogP contribution in [-0.4, -0.2) is 32.3 Å². The first-order chi connectivity index (χ1) is 11.2. The summed E-state index contributed by atoms with van der Waals surface area (Å²) in [6.45, 7) is 10.2. The SMILES string of the molecule is CCNC(=NCc1ccc(C#N)cc1)NCCCOCC(C)C.I. The summed E-state index contributed by atoms with van der Waals surface area (Å²) in [5.74, 6) is 1.38. The molecule has 1 rings (SSSR count). The molecule has 2 N–H and O–H groups in total. The van der Waals surface area contributed by atoms with Gasteiger partial charge in [-0.1, -0.05) is 26.0 Å². The molecule has 0 bridgehead atoms. The molecule has 0 saturated carbocycles. The molecular formula is C18H29IN4O. The fourth-order valence-corrected chi connectivity index (χ4v) is 1.90.